The van der Waals surface area contributed by atoms with Gasteiger partial charge in [0.05, 0.1) is 5.75 Å². The van der Waals surface area contributed by atoms with Gasteiger partial charge < -0.3 is 10.2 Å². The van der Waals surface area contributed by atoms with Crippen molar-refractivity contribution in [1.82, 2.24) is 10.2 Å². The number of hydrogen-bond acceptors (Lipinski definition) is 3. The van der Waals surface area contributed by atoms with Crippen LogP contribution in [0.2, 0.25) is 5.02 Å². The molecule has 4 nitrogen and oxygen atoms in total. The van der Waals surface area contributed by atoms with Crippen molar-refractivity contribution >= 4 is 35.2 Å². The van der Waals surface area contributed by atoms with Crippen LogP contribution >= 0.6 is 23.4 Å². The summed E-state index contributed by atoms with van der Waals surface area (Å²) in [6.07, 6.45) is 0. The monoisotopic (exact) mass is 432 g/mol. The van der Waals surface area contributed by atoms with Crippen molar-refractivity contribution in [3.05, 3.63) is 70.2 Å². The lowest BCUT2D eigenvalue weighted by Crippen LogP contribution is -2.49. The topological polar surface area (TPSA) is 49.4 Å². The molecule has 2 aromatic rings. The van der Waals surface area contributed by atoms with Crippen LogP contribution in [0.25, 0.3) is 0 Å². The van der Waals surface area contributed by atoms with Crippen LogP contribution in [0, 0.1) is 6.92 Å². The first-order valence-corrected chi connectivity index (χ1v) is 11.3. The summed E-state index contributed by atoms with van der Waals surface area (Å²) >= 11 is 7.56. The Balaban J connectivity index is 2.09. The third kappa shape index (κ3) is 7.41. The van der Waals surface area contributed by atoms with Gasteiger partial charge in [-0.15, -0.1) is 11.8 Å². The lowest BCUT2D eigenvalue weighted by atomic mass is 10.1. The van der Waals surface area contributed by atoms with E-state index in [0.29, 0.717) is 23.1 Å². The average molecular weight is 433 g/mol. The summed E-state index contributed by atoms with van der Waals surface area (Å²) in [5.74, 6) is 0.808. The van der Waals surface area contributed by atoms with Gasteiger partial charge in [-0.3, -0.25) is 9.59 Å². The molecule has 1 atom stereocenters. The first kappa shape index (κ1) is 23.3. The normalized spacial score (nSPS) is 11.9. The Bertz CT molecular complexity index is 841. The first-order chi connectivity index (χ1) is 13.8. The molecule has 2 aromatic carbocycles. The fourth-order valence-corrected chi connectivity index (χ4v) is 4.00. The van der Waals surface area contributed by atoms with Gasteiger partial charge in [-0.25, -0.2) is 0 Å². The lowest BCUT2D eigenvalue weighted by Gasteiger charge is -2.30. The number of rotatable bonds is 9. The first-order valence-electron chi connectivity index (χ1n) is 9.74. The molecule has 6 heteroatoms. The van der Waals surface area contributed by atoms with Crippen molar-refractivity contribution < 1.29 is 9.59 Å². The standard InChI is InChI=1S/C23H29ClN2O2S/c1-16(2)25-23(28)18(4)26(13-20-10-6-5-8-17(20)3)22(27)15-29-14-19-9-7-11-21(24)12-19/h5-12,16,18H,13-15H2,1-4H3,(H,25,28). The molecule has 2 rings (SSSR count). The summed E-state index contributed by atoms with van der Waals surface area (Å²) in [6, 6.07) is 15.1. The number of carbonyl (C=O) groups is 2. The van der Waals surface area contributed by atoms with E-state index in [-0.39, 0.29) is 17.9 Å². The van der Waals surface area contributed by atoms with Gasteiger partial charge in [0.25, 0.3) is 0 Å². The minimum atomic E-state index is -0.545. The highest BCUT2D eigenvalue weighted by Crippen LogP contribution is 2.19. The maximum Gasteiger partial charge on any atom is 0.242 e. The molecule has 0 saturated carbocycles. The Morgan fingerprint density at radius 3 is 2.48 bits per heavy atom. The van der Waals surface area contributed by atoms with Crippen molar-refractivity contribution in [2.75, 3.05) is 5.75 Å². The fourth-order valence-electron chi connectivity index (χ4n) is 2.92. The van der Waals surface area contributed by atoms with Crippen LogP contribution in [0.1, 0.15) is 37.5 Å². The highest BCUT2D eigenvalue weighted by molar-refractivity contribution is 7.99. The number of benzene rings is 2. The van der Waals surface area contributed by atoms with Crippen LogP contribution in [0.15, 0.2) is 48.5 Å². The number of nitrogens with one attached hydrogen (secondary N) is 1. The minimum Gasteiger partial charge on any atom is -0.352 e. The van der Waals surface area contributed by atoms with E-state index in [1.807, 2.05) is 69.3 Å². The van der Waals surface area contributed by atoms with Crippen molar-refractivity contribution in [3.63, 3.8) is 0 Å². The van der Waals surface area contributed by atoms with Crippen LogP contribution in [0.3, 0.4) is 0 Å². The molecule has 0 aliphatic rings. The molecule has 0 heterocycles. The van der Waals surface area contributed by atoms with Gasteiger partial charge in [-0.2, -0.15) is 0 Å². The van der Waals surface area contributed by atoms with E-state index in [1.165, 1.54) is 11.8 Å². The molecule has 2 amide bonds. The van der Waals surface area contributed by atoms with Gasteiger partial charge in [0.2, 0.25) is 11.8 Å². The zero-order valence-electron chi connectivity index (χ0n) is 17.4. The zero-order chi connectivity index (χ0) is 21.4. The number of carbonyl (C=O) groups excluding carboxylic acids is 2. The number of amides is 2. The molecule has 0 bridgehead atoms. The van der Waals surface area contributed by atoms with E-state index in [1.54, 1.807) is 11.8 Å². The van der Waals surface area contributed by atoms with Gasteiger partial charge in [0, 0.05) is 23.4 Å². The van der Waals surface area contributed by atoms with E-state index in [9.17, 15) is 9.59 Å². The zero-order valence-corrected chi connectivity index (χ0v) is 19.0. The number of nitrogens with zero attached hydrogens (tertiary/aromatic N) is 1. The second-order valence-corrected chi connectivity index (χ2v) is 8.83. The van der Waals surface area contributed by atoms with E-state index in [0.717, 1.165) is 16.7 Å². The van der Waals surface area contributed by atoms with Crippen LogP contribution in [0.4, 0.5) is 0 Å². The number of halogens is 1. The van der Waals surface area contributed by atoms with Crippen molar-refractivity contribution in [3.8, 4) is 0 Å². The van der Waals surface area contributed by atoms with Crippen LogP contribution in [-0.2, 0) is 21.9 Å². The third-order valence-corrected chi connectivity index (χ3v) is 5.81. The summed E-state index contributed by atoms with van der Waals surface area (Å²) < 4.78 is 0. The minimum absolute atomic E-state index is 0.0255. The number of aryl methyl sites for hydroxylation is 1. The van der Waals surface area contributed by atoms with Gasteiger partial charge in [-0.1, -0.05) is 48.0 Å². The maximum absolute atomic E-state index is 13.0. The fraction of sp³-hybridized carbons (Fsp3) is 0.391. The van der Waals surface area contributed by atoms with Gasteiger partial charge in [0.1, 0.15) is 6.04 Å². The highest BCUT2D eigenvalue weighted by atomic mass is 35.5. The van der Waals surface area contributed by atoms with Crippen molar-refractivity contribution in [2.24, 2.45) is 0 Å². The van der Waals surface area contributed by atoms with Crippen molar-refractivity contribution in [2.45, 2.75) is 52.1 Å². The molecule has 1 N–H and O–H groups in total. The Morgan fingerprint density at radius 1 is 1.10 bits per heavy atom. The molecule has 29 heavy (non-hydrogen) atoms. The van der Waals surface area contributed by atoms with E-state index in [2.05, 4.69) is 5.32 Å². The predicted molar refractivity (Wildman–Crippen MR) is 122 cm³/mol. The molecular formula is C23H29ClN2O2S. The van der Waals surface area contributed by atoms with Crippen LogP contribution < -0.4 is 5.32 Å². The largest absolute Gasteiger partial charge is 0.352 e. The smallest absolute Gasteiger partial charge is 0.242 e. The Hall–Kier alpha value is -1.98. The third-order valence-electron chi connectivity index (χ3n) is 4.58. The summed E-state index contributed by atoms with van der Waals surface area (Å²) in [7, 11) is 0. The summed E-state index contributed by atoms with van der Waals surface area (Å²) in [5, 5.41) is 3.60. The molecule has 0 aliphatic carbocycles. The molecule has 0 fully saturated rings. The van der Waals surface area contributed by atoms with E-state index in [4.69, 9.17) is 11.6 Å². The molecular weight excluding hydrogens is 404 g/mol. The SMILES string of the molecule is Cc1ccccc1CN(C(=O)CSCc1cccc(Cl)c1)C(C)C(=O)NC(C)C. The van der Waals surface area contributed by atoms with Crippen LogP contribution in [0.5, 0.6) is 0 Å². The summed E-state index contributed by atoms with van der Waals surface area (Å²) in [5.41, 5.74) is 3.23. The lowest BCUT2D eigenvalue weighted by molar-refractivity contribution is -0.138. The van der Waals surface area contributed by atoms with Gasteiger partial charge in [-0.05, 0) is 56.5 Å². The molecule has 0 spiro atoms. The molecule has 0 aromatic heterocycles. The molecule has 1 unspecified atom stereocenters. The second kappa shape index (κ2) is 11.3. The number of thioether (sulfide) groups is 1. The molecule has 156 valence electrons. The van der Waals surface area contributed by atoms with Gasteiger partial charge in [0.15, 0.2) is 0 Å². The Morgan fingerprint density at radius 2 is 1.83 bits per heavy atom. The van der Waals surface area contributed by atoms with Crippen molar-refractivity contribution in [1.29, 1.82) is 0 Å². The Kier molecular flexibility index (Phi) is 9.05. The quantitative estimate of drug-likeness (QED) is 0.617. The van der Waals surface area contributed by atoms with Crippen LogP contribution in [-0.4, -0.2) is 34.6 Å². The van der Waals surface area contributed by atoms with E-state index >= 15 is 0 Å². The highest BCUT2D eigenvalue weighted by Gasteiger charge is 2.26. The predicted octanol–water partition coefficient (Wildman–Crippen LogP) is 4.82. The maximum atomic E-state index is 13.0. The molecule has 0 saturated heterocycles. The Labute approximate surface area is 183 Å². The summed E-state index contributed by atoms with van der Waals surface area (Å²) in [4.78, 5) is 27.3. The number of hydrogen-bond donors (Lipinski definition) is 1. The summed E-state index contributed by atoms with van der Waals surface area (Å²) in [6.45, 7) is 8.05. The average Bonchev–Trinajstić information content (AvgIpc) is 2.66. The second-order valence-electron chi connectivity index (χ2n) is 7.41. The molecule has 0 radical (unpaired) electrons. The van der Waals surface area contributed by atoms with Gasteiger partial charge >= 0.3 is 0 Å². The van der Waals surface area contributed by atoms with E-state index < -0.39 is 6.04 Å². The molecule has 0 aliphatic heterocycles.